The van der Waals surface area contributed by atoms with Crippen LogP contribution in [0, 0.1) is 0 Å². The molecule has 10 nitrogen and oxygen atoms in total. The van der Waals surface area contributed by atoms with Gasteiger partial charge in [0, 0.05) is 13.0 Å². The Kier molecular flexibility index (Phi) is 40.4. The summed E-state index contributed by atoms with van der Waals surface area (Å²) in [6.45, 7) is 3.93. The SMILES string of the molecule is CCCCCCCCCCCCCCCCCCCCCCC(=O)OC(COCCCCCCCCCCCCCCC)COP(=O)(O)OCC(N)C(=O)O. The molecule has 0 saturated carbocycles. The van der Waals surface area contributed by atoms with Crippen molar-refractivity contribution < 1.29 is 42.7 Å². The van der Waals surface area contributed by atoms with Gasteiger partial charge in [-0.15, -0.1) is 0 Å². The number of carboxylic acid groups (broad SMARTS) is 1. The second-order valence-corrected chi connectivity index (χ2v) is 17.4. The van der Waals surface area contributed by atoms with Crippen LogP contribution in [0.2, 0.25) is 0 Å². The summed E-state index contributed by atoms with van der Waals surface area (Å²) in [6, 6.07) is -1.47. The Hall–Kier alpha value is -1.03. The summed E-state index contributed by atoms with van der Waals surface area (Å²) in [5, 5.41) is 8.90. The molecule has 11 heteroatoms. The first kappa shape index (κ1) is 54.0. The molecule has 0 radical (unpaired) electrons. The molecule has 0 bridgehead atoms. The Morgan fingerprint density at radius 2 is 0.836 bits per heavy atom. The fourth-order valence-electron chi connectivity index (χ4n) is 6.78. The number of carbonyl (C=O) groups excluding carboxylic acids is 1. The summed E-state index contributed by atoms with van der Waals surface area (Å²) in [5.41, 5.74) is 5.36. The molecule has 3 atom stereocenters. The quantitative estimate of drug-likeness (QED) is 0.0308. The zero-order valence-electron chi connectivity index (χ0n) is 35.8. The van der Waals surface area contributed by atoms with E-state index in [1.54, 1.807) is 0 Å². The fourth-order valence-corrected chi connectivity index (χ4v) is 7.56. The summed E-state index contributed by atoms with van der Waals surface area (Å²) >= 11 is 0. The van der Waals surface area contributed by atoms with Gasteiger partial charge in [0.25, 0.3) is 0 Å². The van der Waals surface area contributed by atoms with E-state index in [9.17, 15) is 19.0 Å². The highest BCUT2D eigenvalue weighted by molar-refractivity contribution is 7.47. The number of unbranched alkanes of at least 4 members (excludes halogenated alkanes) is 31. The summed E-state index contributed by atoms with van der Waals surface area (Å²) < 4.78 is 33.4. The summed E-state index contributed by atoms with van der Waals surface area (Å²) in [6.07, 6.45) is 41.5. The Morgan fingerprint density at radius 3 is 1.20 bits per heavy atom. The average Bonchev–Trinajstić information content (AvgIpc) is 3.16. The van der Waals surface area contributed by atoms with Gasteiger partial charge in [-0.05, 0) is 12.8 Å². The van der Waals surface area contributed by atoms with Crippen molar-refractivity contribution in [2.24, 2.45) is 5.73 Å². The van der Waals surface area contributed by atoms with E-state index in [0.29, 0.717) is 6.61 Å². The molecule has 0 fully saturated rings. The van der Waals surface area contributed by atoms with Crippen molar-refractivity contribution in [3.8, 4) is 0 Å². The second kappa shape index (κ2) is 41.1. The molecule has 4 N–H and O–H groups in total. The monoisotopic (exact) mass is 806 g/mol. The summed E-state index contributed by atoms with van der Waals surface area (Å²) in [5.74, 6) is -1.76. The van der Waals surface area contributed by atoms with Crippen LogP contribution in [0.15, 0.2) is 0 Å². The van der Waals surface area contributed by atoms with Crippen LogP contribution in [-0.4, -0.2) is 60.5 Å². The summed E-state index contributed by atoms with van der Waals surface area (Å²) in [7, 11) is -4.61. The minimum atomic E-state index is -4.61. The smallest absolute Gasteiger partial charge is 0.472 e. The molecule has 0 spiro atoms. The van der Waals surface area contributed by atoms with Crippen LogP contribution in [0.1, 0.15) is 232 Å². The van der Waals surface area contributed by atoms with E-state index in [0.717, 1.165) is 38.5 Å². The minimum Gasteiger partial charge on any atom is -0.480 e. The Balaban J connectivity index is 4.12. The van der Waals surface area contributed by atoms with Crippen molar-refractivity contribution >= 4 is 19.8 Å². The highest BCUT2D eigenvalue weighted by Crippen LogP contribution is 2.43. The number of phosphoric acid groups is 1. The largest absolute Gasteiger partial charge is 0.480 e. The van der Waals surface area contributed by atoms with Crippen LogP contribution in [0.3, 0.4) is 0 Å². The third-order valence-corrected chi connectivity index (χ3v) is 11.3. The molecule has 0 aliphatic carbocycles. The number of esters is 1. The van der Waals surface area contributed by atoms with Crippen molar-refractivity contribution in [1.29, 1.82) is 0 Å². The van der Waals surface area contributed by atoms with Crippen LogP contribution in [0.25, 0.3) is 0 Å². The predicted octanol–water partition coefficient (Wildman–Crippen LogP) is 12.8. The average molecular weight is 806 g/mol. The number of phosphoric ester groups is 1. The number of carboxylic acids is 1. The first-order valence-corrected chi connectivity index (χ1v) is 24.6. The molecule has 0 aliphatic heterocycles. The van der Waals surface area contributed by atoms with Crippen molar-refractivity contribution in [2.75, 3.05) is 26.4 Å². The zero-order valence-corrected chi connectivity index (χ0v) is 36.7. The zero-order chi connectivity index (χ0) is 40.5. The van der Waals surface area contributed by atoms with Crippen LogP contribution in [0.5, 0.6) is 0 Å². The standard InChI is InChI=1S/C44H88NO9P/c1-3-5-7-9-11-13-15-17-18-19-20-21-22-23-24-26-28-30-32-34-36-43(46)54-41(39-52-55(49,50)53-40-42(45)44(47)48)38-51-37-35-33-31-29-27-25-16-14-12-10-8-6-4-2/h41-42H,3-40,45H2,1-2H3,(H,47,48)(H,49,50). The maximum atomic E-state index is 12.6. The van der Waals surface area contributed by atoms with Crippen LogP contribution < -0.4 is 5.73 Å². The maximum Gasteiger partial charge on any atom is 0.472 e. The fraction of sp³-hybridized carbons (Fsp3) is 0.955. The number of carbonyl (C=O) groups is 2. The van der Waals surface area contributed by atoms with Gasteiger partial charge in [-0.2, -0.15) is 0 Å². The Morgan fingerprint density at radius 1 is 0.509 bits per heavy atom. The lowest BCUT2D eigenvalue weighted by Crippen LogP contribution is -2.34. The van der Waals surface area contributed by atoms with Crippen LogP contribution >= 0.6 is 7.82 Å². The van der Waals surface area contributed by atoms with E-state index in [1.165, 1.54) is 173 Å². The third-order valence-electron chi connectivity index (χ3n) is 10.4. The van der Waals surface area contributed by atoms with E-state index >= 15 is 0 Å². The van der Waals surface area contributed by atoms with Gasteiger partial charge < -0.3 is 25.2 Å². The third kappa shape index (κ3) is 40.9. The number of hydrogen-bond acceptors (Lipinski definition) is 8. The predicted molar refractivity (Wildman–Crippen MR) is 226 cm³/mol. The van der Waals surface area contributed by atoms with Gasteiger partial charge >= 0.3 is 19.8 Å². The maximum absolute atomic E-state index is 12.6. The molecular formula is C44H88NO9P. The number of ether oxygens (including phenoxy) is 2. The van der Waals surface area contributed by atoms with Crippen molar-refractivity contribution in [3.63, 3.8) is 0 Å². The van der Waals surface area contributed by atoms with Gasteiger partial charge in [0.15, 0.2) is 0 Å². The number of hydrogen-bond donors (Lipinski definition) is 3. The van der Waals surface area contributed by atoms with Gasteiger partial charge in [-0.3, -0.25) is 18.6 Å². The molecule has 0 aliphatic rings. The Bertz CT molecular complexity index is 893. The van der Waals surface area contributed by atoms with Crippen molar-refractivity contribution in [1.82, 2.24) is 0 Å². The normalized spacial score (nSPS) is 13.8. The molecular weight excluding hydrogens is 717 g/mol. The molecule has 0 aromatic rings. The Labute approximate surface area is 338 Å². The highest BCUT2D eigenvalue weighted by atomic mass is 31.2. The van der Waals surface area contributed by atoms with Crippen LogP contribution in [0.4, 0.5) is 0 Å². The molecule has 328 valence electrons. The van der Waals surface area contributed by atoms with E-state index < -0.39 is 45.1 Å². The van der Waals surface area contributed by atoms with E-state index in [-0.39, 0.29) is 13.0 Å². The van der Waals surface area contributed by atoms with E-state index in [4.69, 9.17) is 29.4 Å². The molecule has 0 aromatic carbocycles. The lowest BCUT2D eigenvalue weighted by atomic mass is 10.0. The summed E-state index contributed by atoms with van der Waals surface area (Å²) in [4.78, 5) is 33.6. The van der Waals surface area contributed by atoms with Crippen molar-refractivity contribution in [2.45, 2.75) is 244 Å². The molecule has 3 unspecified atom stereocenters. The first-order valence-electron chi connectivity index (χ1n) is 23.1. The van der Waals surface area contributed by atoms with Gasteiger partial charge in [0.1, 0.15) is 12.1 Å². The topological polar surface area (TPSA) is 155 Å². The highest BCUT2D eigenvalue weighted by Gasteiger charge is 2.27. The molecule has 55 heavy (non-hydrogen) atoms. The number of aliphatic carboxylic acids is 1. The second-order valence-electron chi connectivity index (χ2n) is 15.9. The van der Waals surface area contributed by atoms with Gasteiger partial charge in [-0.1, -0.05) is 213 Å². The molecule has 0 heterocycles. The van der Waals surface area contributed by atoms with Crippen molar-refractivity contribution in [3.05, 3.63) is 0 Å². The van der Waals surface area contributed by atoms with Gasteiger partial charge in [0.2, 0.25) is 0 Å². The van der Waals surface area contributed by atoms with E-state index in [2.05, 4.69) is 13.8 Å². The lowest BCUT2D eigenvalue weighted by molar-refractivity contribution is -0.154. The van der Waals surface area contributed by atoms with E-state index in [1.807, 2.05) is 0 Å². The number of rotatable bonds is 45. The first-order chi connectivity index (χ1) is 26.7. The van der Waals surface area contributed by atoms with Crippen LogP contribution in [-0.2, 0) is 32.7 Å². The molecule has 0 amide bonds. The lowest BCUT2D eigenvalue weighted by Gasteiger charge is -2.20. The number of nitrogens with two attached hydrogens (primary N) is 1. The molecule has 0 saturated heterocycles. The molecule has 0 aromatic heterocycles. The van der Waals surface area contributed by atoms with Gasteiger partial charge in [-0.25, -0.2) is 4.57 Å². The van der Waals surface area contributed by atoms with Gasteiger partial charge in [0.05, 0.1) is 19.8 Å². The molecule has 0 rings (SSSR count). The minimum absolute atomic E-state index is 0.0257.